The van der Waals surface area contributed by atoms with Crippen LogP contribution in [0.3, 0.4) is 0 Å². The number of Topliss-reactive ketones (excluding diaryl/α,β-unsaturated/α-hetero) is 3. The highest BCUT2D eigenvalue weighted by molar-refractivity contribution is 8.00. The number of ether oxygens (including phenoxy) is 5. The lowest BCUT2D eigenvalue weighted by Gasteiger charge is -2.41. The molecule has 107 heavy (non-hydrogen) atoms. The monoisotopic (exact) mass is 1520 g/mol. The second kappa shape index (κ2) is 42.5. The first-order valence-electron chi connectivity index (χ1n) is 37.0. The summed E-state index contributed by atoms with van der Waals surface area (Å²) in [5, 5.41) is 25.1. The van der Waals surface area contributed by atoms with E-state index in [1.807, 2.05) is 13.8 Å². The molecule has 2 aromatic carbocycles. The standard InChI is InChI=1S/C76H115FN10O19S/c1-16-45(8)66(58(104-14)36-61(91)87-39-50(103-13)34-55(87)68(105-15)46(9)69(95)80-38-57(89)51-29-28-49(102-12)33-53(51)77)85(10)73(99)64(43(4)5)84-72(98)65(44(6)7)86(11)75(101)106-40-47-24-26-48(27-25-47)81-70(96)54(22-20-32-79-74(78)100)82-71(97)63(42(2)3)83-60(90)23-19-17-18-21-52-56(88)35-59(67(52)94)107-41-76(30-31-76)37-62(92)93/h24-29,33,42-46,50,52,54-55,58-59,63-66,68H,16-23,30-32,34-41H2,1-15H3,(H,80,95)(H,81,96)(H,82,97)(H,83,90)(H,84,98)(H,92,93)(H3,78,79,100)/t45-,46+,50+,52?,54-,55-,58+,59?,63-,64-,65-,66-,68+/m0/s1. The Kier molecular flexibility index (Phi) is 35.4. The van der Waals surface area contributed by atoms with Crippen molar-refractivity contribution in [1.29, 1.82) is 0 Å². The Bertz CT molecular complexity index is 3410. The van der Waals surface area contributed by atoms with Crippen LogP contribution in [0.25, 0.3) is 0 Å². The van der Waals surface area contributed by atoms with Gasteiger partial charge in [-0.2, -0.15) is 0 Å². The van der Waals surface area contributed by atoms with Crippen LogP contribution in [0.1, 0.15) is 168 Å². The average molecular weight is 1520 g/mol. The first kappa shape index (κ1) is 89.3. The third-order valence-corrected chi connectivity index (χ3v) is 22.3. The summed E-state index contributed by atoms with van der Waals surface area (Å²) in [5.41, 5.74) is 5.56. The smallest absolute Gasteiger partial charge is 0.410 e. The van der Waals surface area contributed by atoms with Gasteiger partial charge in [0.25, 0.3) is 0 Å². The van der Waals surface area contributed by atoms with E-state index in [2.05, 4.69) is 31.9 Å². The largest absolute Gasteiger partial charge is 0.497 e. The van der Waals surface area contributed by atoms with Crippen molar-refractivity contribution in [3.05, 3.63) is 59.4 Å². The summed E-state index contributed by atoms with van der Waals surface area (Å²) in [5.74, 6) is -8.76. The second-order valence-electron chi connectivity index (χ2n) is 29.6. The Morgan fingerprint density at radius 2 is 1.45 bits per heavy atom. The number of hydrogen-bond acceptors (Lipinski definition) is 19. The van der Waals surface area contributed by atoms with E-state index in [0.29, 0.717) is 55.5 Å². The van der Waals surface area contributed by atoms with Crippen LogP contribution in [0.4, 0.5) is 19.7 Å². The zero-order valence-corrected chi connectivity index (χ0v) is 65.5. The van der Waals surface area contributed by atoms with Crippen LogP contribution in [0.2, 0.25) is 0 Å². The molecule has 0 bridgehead atoms. The Morgan fingerprint density at radius 3 is 2.02 bits per heavy atom. The van der Waals surface area contributed by atoms with Crippen LogP contribution in [0, 0.1) is 46.7 Å². The normalized spacial score (nSPS) is 19.3. The van der Waals surface area contributed by atoms with Crippen LogP contribution in [0.5, 0.6) is 5.75 Å². The number of nitrogens with one attached hydrogen (secondary N) is 6. The van der Waals surface area contributed by atoms with Gasteiger partial charge in [-0.3, -0.25) is 57.6 Å². The molecule has 3 fully saturated rings. The molecule has 29 nitrogen and oxygen atoms in total. The van der Waals surface area contributed by atoms with Gasteiger partial charge in [0.1, 0.15) is 48.1 Å². The lowest BCUT2D eigenvalue weighted by Crippen LogP contribution is -2.60. The first-order valence-corrected chi connectivity index (χ1v) is 38.0. The first-order chi connectivity index (χ1) is 50.5. The summed E-state index contributed by atoms with van der Waals surface area (Å²) in [7, 11) is 8.74. The van der Waals surface area contributed by atoms with E-state index in [1.54, 1.807) is 84.7 Å². The maximum Gasteiger partial charge on any atom is 0.410 e. The summed E-state index contributed by atoms with van der Waals surface area (Å²) in [6, 6.07) is 3.49. The number of halogens is 1. The van der Waals surface area contributed by atoms with Crippen molar-refractivity contribution >= 4 is 94.2 Å². The number of hydrogen-bond donors (Lipinski definition) is 8. The van der Waals surface area contributed by atoms with E-state index in [0.717, 1.165) is 23.8 Å². The zero-order chi connectivity index (χ0) is 79.7. The van der Waals surface area contributed by atoms with Gasteiger partial charge in [0.2, 0.25) is 41.4 Å². The number of primary amides is 1. The van der Waals surface area contributed by atoms with Gasteiger partial charge in [-0.25, -0.2) is 14.0 Å². The fraction of sp³-hybridized carbons (Fsp3) is 0.671. The number of aliphatic carboxylic acids is 1. The van der Waals surface area contributed by atoms with Crippen LogP contribution < -0.4 is 42.4 Å². The number of carboxylic acid groups (broad SMARTS) is 1. The van der Waals surface area contributed by atoms with E-state index in [9.17, 15) is 71.8 Å². The van der Waals surface area contributed by atoms with Crippen molar-refractivity contribution in [1.82, 2.24) is 41.3 Å². The molecule has 2 unspecified atom stereocenters. The molecule has 1 heterocycles. The summed E-state index contributed by atoms with van der Waals surface area (Å²) < 4.78 is 43.2. The highest BCUT2D eigenvalue weighted by Crippen LogP contribution is 2.52. The number of nitrogens with two attached hydrogens (primary N) is 1. The van der Waals surface area contributed by atoms with Crippen molar-refractivity contribution < 1.29 is 95.5 Å². The number of ketones is 3. The molecule has 596 valence electrons. The lowest BCUT2D eigenvalue weighted by atomic mass is 9.89. The average Bonchev–Trinajstić information content (AvgIpc) is 1.69. The van der Waals surface area contributed by atoms with E-state index >= 15 is 0 Å². The minimum absolute atomic E-state index is 0.0516. The minimum Gasteiger partial charge on any atom is -0.497 e. The number of nitrogens with zero attached hydrogens (tertiary/aromatic N) is 3. The fourth-order valence-corrected chi connectivity index (χ4v) is 15.5. The molecule has 9 N–H and O–H groups in total. The molecule has 0 radical (unpaired) electrons. The zero-order valence-electron chi connectivity index (χ0n) is 64.7. The minimum atomic E-state index is -1.15. The molecule has 10 amide bonds. The molecular formula is C76H115FN10O19S. The molecule has 3 aliphatic rings. The number of carbonyl (C=O) groups is 13. The highest BCUT2D eigenvalue weighted by atomic mass is 32.2. The number of anilines is 1. The number of unbranched alkanes of at least 4 members (excludes halogenated alkanes) is 2. The molecule has 1 saturated heterocycles. The molecule has 0 aromatic heterocycles. The summed E-state index contributed by atoms with van der Waals surface area (Å²) in [4.78, 5) is 179. The molecular weight excluding hydrogens is 1410 g/mol. The highest BCUT2D eigenvalue weighted by Gasteiger charge is 2.49. The van der Waals surface area contributed by atoms with Gasteiger partial charge >= 0.3 is 18.1 Å². The molecule has 2 aromatic rings. The van der Waals surface area contributed by atoms with Gasteiger partial charge in [0, 0.05) is 78.9 Å². The van der Waals surface area contributed by atoms with Gasteiger partial charge in [0.15, 0.2) is 11.6 Å². The number of carboxylic acids is 1. The number of likely N-dealkylation sites (tertiary alicyclic amines) is 1. The number of urea groups is 1. The van der Waals surface area contributed by atoms with Crippen LogP contribution in [0.15, 0.2) is 42.5 Å². The third kappa shape index (κ3) is 26.0. The number of methoxy groups -OCH3 is 4. The van der Waals surface area contributed by atoms with Crippen molar-refractivity contribution in [2.24, 2.45) is 46.7 Å². The van der Waals surface area contributed by atoms with E-state index in [-0.39, 0.29) is 98.3 Å². The number of rotatable bonds is 45. The number of benzene rings is 2. The molecule has 2 aliphatic carbocycles. The molecule has 5 rings (SSSR count). The number of thioether (sulfide) groups is 1. The molecule has 13 atom stereocenters. The molecule has 2 saturated carbocycles. The summed E-state index contributed by atoms with van der Waals surface area (Å²) in [6.07, 6.45) is 1.57. The van der Waals surface area contributed by atoms with E-state index in [4.69, 9.17) is 29.4 Å². The third-order valence-electron chi connectivity index (χ3n) is 20.7. The molecule has 0 spiro atoms. The van der Waals surface area contributed by atoms with Gasteiger partial charge in [0.05, 0.1) is 79.5 Å². The van der Waals surface area contributed by atoms with Crippen molar-refractivity contribution in [2.75, 3.05) is 73.2 Å². The van der Waals surface area contributed by atoms with Crippen LogP contribution in [-0.4, -0.2) is 224 Å². The van der Waals surface area contributed by atoms with Crippen molar-refractivity contribution in [3.8, 4) is 5.75 Å². The number of carbonyl (C=O) groups excluding carboxylic acids is 12. The Balaban J connectivity index is 1.16. The van der Waals surface area contributed by atoms with Gasteiger partial charge in [-0.05, 0) is 104 Å². The number of amides is 10. The lowest BCUT2D eigenvalue weighted by molar-refractivity contribution is -0.148. The van der Waals surface area contributed by atoms with E-state index in [1.165, 1.54) is 64.3 Å². The van der Waals surface area contributed by atoms with Gasteiger partial charge in [-0.15, -0.1) is 11.8 Å². The predicted octanol–water partition coefficient (Wildman–Crippen LogP) is 6.59. The fourth-order valence-electron chi connectivity index (χ4n) is 13.9. The van der Waals surface area contributed by atoms with Crippen LogP contribution in [-0.2, 0) is 73.5 Å². The Morgan fingerprint density at radius 1 is 0.776 bits per heavy atom. The summed E-state index contributed by atoms with van der Waals surface area (Å²) in [6.45, 7) is 15.4. The van der Waals surface area contributed by atoms with Gasteiger partial charge < -0.3 is 76.2 Å². The predicted molar refractivity (Wildman–Crippen MR) is 398 cm³/mol. The van der Waals surface area contributed by atoms with Gasteiger partial charge in [-0.1, -0.05) is 93.7 Å². The maximum absolute atomic E-state index is 14.9. The second-order valence-corrected chi connectivity index (χ2v) is 30.8. The molecule has 31 heteroatoms. The Hall–Kier alpha value is -8.29. The quantitative estimate of drug-likeness (QED) is 0.0197. The SMILES string of the molecule is CC[C@H](C)[C@@H]([C@@H](CC(=O)N1C[C@H](OC)C[C@H]1[C@H](OC)[C@@H](C)C(=O)NCC(=O)c1ccc(OC)cc1F)OC)N(C)C(=O)[C@@H](NC(=O)[C@H](C(C)C)N(C)C(=O)OCc1ccc(NC(=O)[C@H](CCCNC(N)=O)NC(=O)[C@@H](NC(=O)CCCCCC2C(=O)CC(SCC3(CC(=O)O)CC3)C2=O)C(C)C)cc1)C(C)C. The Labute approximate surface area is 631 Å². The van der Waals surface area contributed by atoms with Crippen molar-refractivity contribution in [2.45, 2.75) is 219 Å². The topological polar surface area (TPSA) is 396 Å². The molecule has 1 aliphatic heterocycles. The van der Waals surface area contributed by atoms with Crippen molar-refractivity contribution in [3.63, 3.8) is 0 Å². The van der Waals surface area contributed by atoms with E-state index < -0.39 is 161 Å². The maximum atomic E-state index is 14.9. The summed E-state index contributed by atoms with van der Waals surface area (Å²) >= 11 is 1.38. The number of likely N-dealkylation sites (N-methyl/N-ethyl adjacent to an activating group) is 2. The van der Waals surface area contributed by atoms with Crippen LogP contribution >= 0.6 is 11.8 Å².